The average Bonchev–Trinajstić information content (AvgIpc) is 3.39. The molecular weight excluding hydrogens is 422 g/mol. The van der Waals surface area contributed by atoms with Gasteiger partial charge < -0.3 is 25.8 Å². The van der Waals surface area contributed by atoms with E-state index < -0.39 is 5.97 Å². The molecule has 0 spiro atoms. The molecule has 4 aromatic rings. The number of carboxylic acids is 1. The van der Waals surface area contributed by atoms with Crippen LogP contribution in [0.25, 0.3) is 22.0 Å². The van der Waals surface area contributed by atoms with Gasteiger partial charge in [-0.1, -0.05) is 6.07 Å². The summed E-state index contributed by atoms with van der Waals surface area (Å²) >= 11 is 0. The fraction of sp³-hybridized carbons (Fsp3) is 0.200. The average molecular weight is 445 g/mol. The summed E-state index contributed by atoms with van der Waals surface area (Å²) in [4.78, 5) is 11.1. The monoisotopic (exact) mass is 445 g/mol. The van der Waals surface area contributed by atoms with Crippen molar-refractivity contribution in [3.8, 4) is 28.4 Å². The molecule has 0 aliphatic heterocycles. The molecule has 1 heterocycles. The summed E-state index contributed by atoms with van der Waals surface area (Å²) < 4.78 is 6.40. The van der Waals surface area contributed by atoms with E-state index in [0.717, 1.165) is 38.7 Å². The first-order valence-corrected chi connectivity index (χ1v) is 10.7. The Morgan fingerprint density at radius 2 is 1.82 bits per heavy atom. The number of aromatic amines is 1. The van der Waals surface area contributed by atoms with E-state index in [0.29, 0.717) is 30.7 Å². The summed E-state index contributed by atoms with van der Waals surface area (Å²) in [5.41, 5.74) is 12.1. The molecule has 1 aromatic heterocycles. The molecular formula is C25H23N3O5. The number of H-pyrrole nitrogens is 1. The number of rotatable bonds is 6. The molecule has 0 saturated heterocycles. The summed E-state index contributed by atoms with van der Waals surface area (Å²) in [6.45, 7) is 0. The minimum Gasteiger partial charge on any atom is -0.504 e. The lowest BCUT2D eigenvalue weighted by molar-refractivity contribution is -0.136. The Kier molecular flexibility index (Phi) is 5.05. The van der Waals surface area contributed by atoms with Crippen LogP contribution in [0.15, 0.2) is 48.7 Å². The molecule has 8 nitrogen and oxygen atoms in total. The van der Waals surface area contributed by atoms with Gasteiger partial charge in [-0.3, -0.25) is 9.89 Å². The van der Waals surface area contributed by atoms with Gasteiger partial charge in [0.15, 0.2) is 11.5 Å². The number of aryl methyl sites for hydroxylation is 1. The molecule has 0 saturated carbocycles. The molecule has 0 amide bonds. The van der Waals surface area contributed by atoms with E-state index in [1.54, 1.807) is 24.4 Å². The molecule has 33 heavy (non-hydrogen) atoms. The number of aromatic hydroxyl groups is 2. The highest BCUT2D eigenvalue weighted by Gasteiger charge is 2.27. The van der Waals surface area contributed by atoms with Crippen LogP contribution >= 0.6 is 0 Å². The molecule has 6 N–H and O–H groups in total. The summed E-state index contributed by atoms with van der Waals surface area (Å²) in [6, 6.07) is 12.7. The van der Waals surface area contributed by atoms with Crippen LogP contribution in [0.3, 0.4) is 0 Å². The number of nitrogens with two attached hydrogens (primary N) is 1. The van der Waals surface area contributed by atoms with Gasteiger partial charge in [0.05, 0.1) is 17.4 Å². The zero-order chi connectivity index (χ0) is 23.1. The Labute approximate surface area is 189 Å². The van der Waals surface area contributed by atoms with Gasteiger partial charge in [0, 0.05) is 30.2 Å². The van der Waals surface area contributed by atoms with E-state index in [1.807, 2.05) is 24.3 Å². The normalized spacial score (nSPS) is 13.3. The fourth-order valence-corrected chi connectivity index (χ4v) is 4.42. The molecule has 0 unspecified atom stereocenters. The van der Waals surface area contributed by atoms with Gasteiger partial charge in [-0.15, -0.1) is 0 Å². The first-order valence-electron chi connectivity index (χ1n) is 10.7. The Morgan fingerprint density at radius 3 is 2.52 bits per heavy atom. The molecule has 0 radical (unpaired) electrons. The number of carboxylic acid groups (broad SMARTS) is 1. The standard InChI is InChI=1S/C25H23N3O5/c26-20-6-13(1-4-24(31)32)5-19(14-2-3-21-17(7-14)12-27-28-21)25(20)33-18-8-15-10-22(29)23(30)11-16(15)9-18/h2-3,5-7,10-12,18,29-30H,1,4,8-9,26H2,(H,27,28)(H,31,32). The van der Waals surface area contributed by atoms with Crippen LogP contribution in [0.4, 0.5) is 5.69 Å². The number of nitrogen functional groups attached to an aromatic ring is 1. The first kappa shape index (κ1) is 20.7. The van der Waals surface area contributed by atoms with E-state index in [2.05, 4.69) is 10.2 Å². The van der Waals surface area contributed by atoms with E-state index in [-0.39, 0.29) is 24.0 Å². The Morgan fingerprint density at radius 1 is 1.09 bits per heavy atom. The van der Waals surface area contributed by atoms with Crippen LogP contribution in [0.5, 0.6) is 17.2 Å². The van der Waals surface area contributed by atoms with Crippen LogP contribution in [0.2, 0.25) is 0 Å². The first-order chi connectivity index (χ1) is 15.9. The van der Waals surface area contributed by atoms with Gasteiger partial charge in [0.25, 0.3) is 0 Å². The second kappa shape index (κ2) is 8.05. The number of hydrogen-bond donors (Lipinski definition) is 5. The predicted octanol–water partition coefficient (Wildman–Crippen LogP) is 3.79. The number of carbonyl (C=O) groups is 1. The lowest BCUT2D eigenvalue weighted by Crippen LogP contribution is -2.18. The Balaban J connectivity index is 1.52. The number of hydrogen-bond acceptors (Lipinski definition) is 6. The lowest BCUT2D eigenvalue weighted by Gasteiger charge is -2.20. The number of phenols is 2. The van der Waals surface area contributed by atoms with E-state index in [9.17, 15) is 15.0 Å². The lowest BCUT2D eigenvalue weighted by atomic mass is 9.97. The predicted molar refractivity (Wildman–Crippen MR) is 123 cm³/mol. The summed E-state index contributed by atoms with van der Waals surface area (Å²) in [6.07, 6.45) is 3.03. The van der Waals surface area contributed by atoms with E-state index in [1.165, 1.54) is 0 Å². The van der Waals surface area contributed by atoms with Gasteiger partial charge >= 0.3 is 5.97 Å². The molecule has 1 aliphatic carbocycles. The Hall–Kier alpha value is -4.20. The number of phenolic OH excluding ortho intramolecular Hbond substituents is 2. The molecule has 0 fully saturated rings. The maximum Gasteiger partial charge on any atom is 0.303 e. The third-order valence-corrected chi connectivity index (χ3v) is 6.03. The van der Waals surface area contributed by atoms with Gasteiger partial charge in [0.2, 0.25) is 0 Å². The molecule has 1 aliphatic rings. The smallest absolute Gasteiger partial charge is 0.303 e. The summed E-state index contributed by atoms with van der Waals surface area (Å²) in [5.74, 6) is -0.634. The van der Waals surface area contributed by atoms with Gasteiger partial charge in [0.1, 0.15) is 11.9 Å². The number of nitrogens with zero attached hydrogens (tertiary/aromatic N) is 1. The second-order valence-electron chi connectivity index (χ2n) is 8.39. The van der Waals surface area contributed by atoms with Crippen LogP contribution in [0.1, 0.15) is 23.1 Å². The highest BCUT2D eigenvalue weighted by molar-refractivity contribution is 5.87. The third-order valence-electron chi connectivity index (χ3n) is 6.03. The van der Waals surface area contributed by atoms with E-state index in [4.69, 9.17) is 15.6 Å². The number of aliphatic carboxylic acids is 1. The zero-order valence-corrected chi connectivity index (χ0v) is 17.7. The van der Waals surface area contributed by atoms with Crippen molar-refractivity contribution < 1.29 is 24.9 Å². The quantitative estimate of drug-likeness (QED) is 0.224. The van der Waals surface area contributed by atoms with Crippen molar-refractivity contribution in [1.29, 1.82) is 0 Å². The summed E-state index contributed by atoms with van der Waals surface area (Å²) in [5, 5.41) is 36.7. The summed E-state index contributed by atoms with van der Waals surface area (Å²) in [7, 11) is 0. The molecule has 0 atom stereocenters. The van der Waals surface area contributed by atoms with Crippen molar-refractivity contribution >= 4 is 22.6 Å². The van der Waals surface area contributed by atoms with Crippen molar-refractivity contribution in [2.45, 2.75) is 31.8 Å². The van der Waals surface area contributed by atoms with Crippen molar-refractivity contribution in [3.05, 3.63) is 65.4 Å². The van der Waals surface area contributed by atoms with Crippen LogP contribution < -0.4 is 10.5 Å². The SMILES string of the molecule is Nc1cc(CCC(=O)O)cc(-c2ccc3[nH]ncc3c2)c1OC1Cc2cc(O)c(O)cc2C1. The second-order valence-corrected chi connectivity index (χ2v) is 8.39. The van der Waals surface area contributed by atoms with Crippen molar-refractivity contribution in [2.24, 2.45) is 0 Å². The fourth-order valence-electron chi connectivity index (χ4n) is 4.42. The van der Waals surface area contributed by atoms with Crippen LogP contribution in [0, 0.1) is 0 Å². The minimum atomic E-state index is -0.870. The molecule has 8 heteroatoms. The number of anilines is 1. The maximum absolute atomic E-state index is 11.1. The highest BCUT2D eigenvalue weighted by Crippen LogP contribution is 2.41. The van der Waals surface area contributed by atoms with Crippen LogP contribution in [-0.2, 0) is 24.1 Å². The van der Waals surface area contributed by atoms with E-state index >= 15 is 0 Å². The van der Waals surface area contributed by atoms with Crippen molar-refractivity contribution in [2.75, 3.05) is 5.73 Å². The maximum atomic E-state index is 11.1. The highest BCUT2D eigenvalue weighted by atomic mass is 16.5. The molecule has 3 aromatic carbocycles. The Bertz CT molecular complexity index is 1350. The number of aromatic nitrogens is 2. The van der Waals surface area contributed by atoms with Crippen molar-refractivity contribution in [1.82, 2.24) is 10.2 Å². The molecule has 168 valence electrons. The largest absolute Gasteiger partial charge is 0.504 e. The molecule has 0 bridgehead atoms. The van der Waals surface area contributed by atoms with Crippen molar-refractivity contribution in [3.63, 3.8) is 0 Å². The van der Waals surface area contributed by atoms with Crippen LogP contribution in [-0.4, -0.2) is 37.6 Å². The zero-order valence-electron chi connectivity index (χ0n) is 17.7. The number of ether oxygens (including phenoxy) is 1. The number of benzene rings is 3. The van der Waals surface area contributed by atoms with Gasteiger partial charge in [-0.05, 0) is 65.1 Å². The molecule has 5 rings (SSSR count). The van der Waals surface area contributed by atoms with Gasteiger partial charge in [-0.25, -0.2) is 0 Å². The number of fused-ring (bicyclic) bond motifs is 2. The topological polar surface area (TPSA) is 142 Å². The number of nitrogens with one attached hydrogen (secondary N) is 1. The minimum absolute atomic E-state index is 0.00473. The third kappa shape index (κ3) is 4.03. The van der Waals surface area contributed by atoms with Gasteiger partial charge in [-0.2, -0.15) is 5.10 Å².